The first-order valence-electron chi connectivity index (χ1n) is 26.7. The molecule has 2 aromatic heterocycles. The Balaban J connectivity index is 1.15. The van der Waals surface area contributed by atoms with Gasteiger partial charge in [0, 0.05) is 54.4 Å². The molecule has 2 fully saturated rings. The second kappa shape index (κ2) is 27.2. The van der Waals surface area contributed by atoms with Gasteiger partial charge >= 0.3 is 22.5 Å². The van der Waals surface area contributed by atoms with Crippen molar-refractivity contribution in [3.8, 4) is 28.6 Å². The standard InChI is InChI=1S/C55H77ClN8O9S2/c1-9-11-13-15-16-18-20-40(19-17-14-12-10-2)36-71-45-22-21-43(60-74(67)72-44-33-41(53(65)62-23-27-69-28-24-62)32-42(34-44)54(66)63-25-29-70-30-26-63)35-46(45)73-75(68)61-49-38(4)31-37(3)47(39(49)5)51-57-58-52-48(56)50(55(6,7)8)59-64(51)52/h21-22,31-35,40,59-61H,9-20,23-30,36H2,1-8H3. The Morgan fingerprint density at radius 1 is 0.733 bits per heavy atom. The van der Waals surface area contributed by atoms with E-state index in [-0.39, 0.29) is 39.9 Å². The zero-order chi connectivity index (χ0) is 53.6. The molecule has 20 heteroatoms. The number of anilines is 2. The van der Waals surface area contributed by atoms with E-state index in [1.807, 2.05) is 26.8 Å². The average Bonchev–Trinajstić information content (AvgIpc) is 3.97. The Hall–Kier alpha value is -5.21. The summed E-state index contributed by atoms with van der Waals surface area (Å²) in [5.41, 5.74) is 5.71. The largest absolute Gasteiger partial charge is 0.489 e. The maximum absolute atomic E-state index is 14.3. The summed E-state index contributed by atoms with van der Waals surface area (Å²) in [5, 5.41) is 12.9. The zero-order valence-electron chi connectivity index (χ0n) is 45.1. The number of ether oxygens (including phenoxy) is 3. The van der Waals surface area contributed by atoms with Crippen LogP contribution in [-0.4, -0.2) is 109 Å². The first-order valence-corrected chi connectivity index (χ1v) is 29.2. The van der Waals surface area contributed by atoms with Gasteiger partial charge in [0.2, 0.25) is 0 Å². The molecule has 4 heterocycles. The maximum Gasteiger partial charge on any atom is 0.316 e. The predicted octanol–water partition coefficient (Wildman–Crippen LogP) is 11.4. The van der Waals surface area contributed by atoms with Gasteiger partial charge in [0.15, 0.2) is 23.0 Å². The molecule has 75 heavy (non-hydrogen) atoms. The maximum atomic E-state index is 14.3. The zero-order valence-corrected chi connectivity index (χ0v) is 47.5. The molecule has 2 saturated heterocycles. The van der Waals surface area contributed by atoms with Crippen LogP contribution in [0.3, 0.4) is 0 Å². The minimum Gasteiger partial charge on any atom is -0.489 e. The number of rotatable bonds is 26. The number of aromatic amines is 1. The van der Waals surface area contributed by atoms with Crippen molar-refractivity contribution in [1.82, 2.24) is 29.6 Å². The predicted molar refractivity (Wildman–Crippen MR) is 298 cm³/mol. The quantitative estimate of drug-likeness (QED) is 0.0447. The molecule has 2 aliphatic heterocycles. The van der Waals surface area contributed by atoms with Gasteiger partial charge in [0.05, 0.1) is 50.1 Å². The van der Waals surface area contributed by atoms with Crippen molar-refractivity contribution in [2.45, 2.75) is 138 Å². The van der Waals surface area contributed by atoms with Gasteiger partial charge in [0.25, 0.3) is 11.8 Å². The monoisotopic (exact) mass is 1090 g/mol. The van der Waals surface area contributed by atoms with Gasteiger partial charge in [-0.1, -0.05) is 116 Å². The summed E-state index contributed by atoms with van der Waals surface area (Å²) in [6, 6.07) is 11.5. The minimum atomic E-state index is -2.25. The van der Waals surface area contributed by atoms with Crippen LogP contribution in [0.15, 0.2) is 42.5 Å². The normalized spacial score (nSPS) is 15.4. The number of halogens is 1. The molecule has 0 bridgehead atoms. The molecule has 0 radical (unpaired) electrons. The highest BCUT2D eigenvalue weighted by Gasteiger charge is 2.28. The van der Waals surface area contributed by atoms with Crippen LogP contribution in [0.2, 0.25) is 5.02 Å². The fraction of sp³-hybridized carbons (Fsp3) is 0.564. The molecule has 3 atom stereocenters. The molecule has 3 aromatic carbocycles. The molecule has 410 valence electrons. The van der Waals surface area contributed by atoms with Crippen molar-refractivity contribution in [3.63, 3.8) is 0 Å². The van der Waals surface area contributed by atoms with Crippen LogP contribution in [0.5, 0.6) is 17.2 Å². The van der Waals surface area contributed by atoms with Gasteiger partial charge in [-0.05, 0) is 86.6 Å². The van der Waals surface area contributed by atoms with Crippen LogP contribution >= 0.6 is 11.6 Å². The molecule has 3 unspecified atom stereocenters. The molecule has 2 amide bonds. The van der Waals surface area contributed by atoms with Gasteiger partial charge in [-0.2, -0.15) is 8.42 Å². The molecule has 0 saturated carbocycles. The number of hydrogen-bond donors (Lipinski definition) is 3. The van der Waals surface area contributed by atoms with Crippen LogP contribution in [0.4, 0.5) is 11.4 Å². The minimum absolute atomic E-state index is 0.0534. The van der Waals surface area contributed by atoms with E-state index in [0.717, 1.165) is 60.1 Å². The molecule has 3 N–H and O–H groups in total. The van der Waals surface area contributed by atoms with E-state index < -0.39 is 22.5 Å². The number of amides is 2. The third-order valence-corrected chi connectivity index (χ3v) is 15.6. The molecular formula is C55H77ClN8O9S2. The lowest BCUT2D eigenvalue weighted by atomic mass is 9.92. The summed E-state index contributed by atoms with van der Waals surface area (Å²) in [5.74, 6) is 0.831. The lowest BCUT2D eigenvalue weighted by molar-refractivity contribution is 0.0298. The number of nitrogens with one attached hydrogen (secondary N) is 3. The lowest BCUT2D eigenvalue weighted by Gasteiger charge is -2.28. The number of fused-ring (bicyclic) bond motifs is 1. The second-order valence-electron chi connectivity index (χ2n) is 20.8. The molecule has 0 spiro atoms. The molecular weight excluding hydrogens is 1020 g/mol. The van der Waals surface area contributed by atoms with Crippen LogP contribution in [0.1, 0.15) is 155 Å². The van der Waals surface area contributed by atoms with E-state index in [2.05, 4.69) is 59.4 Å². The van der Waals surface area contributed by atoms with Crippen molar-refractivity contribution in [3.05, 3.63) is 81.0 Å². The van der Waals surface area contributed by atoms with Gasteiger partial charge in [-0.15, -0.1) is 10.2 Å². The molecule has 0 aliphatic carbocycles. The topological polar surface area (TPSA) is 191 Å². The first kappa shape index (κ1) is 57.5. The highest BCUT2D eigenvalue weighted by Crippen LogP contribution is 2.39. The number of morpholine rings is 2. The number of aromatic nitrogens is 4. The number of carbonyl (C=O) groups excluding carboxylic acids is 2. The Kier molecular flexibility index (Phi) is 20.9. The summed E-state index contributed by atoms with van der Waals surface area (Å²) in [6.07, 6.45) is 13.9. The third kappa shape index (κ3) is 15.3. The van der Waals surface area contributed by atoms with Crippen LogP contribution in [-0.2, 0) is 37.4 Å². The number of H-pyrrole nitrogens is 1. The van der Waals surface area contributed by atoms with E-state index in [1.165, 1.54) is 57.1 Å². The van der Waals surface area contributed by atoms with Crippen molar-refractivity contribution in [2.75, 3.05) is 68.7 Å². The summed E-state index contributed by atoms with van der Waals surface area (Å²) in [6.45, 7) is 20.1. The lowest BCUT2D eigenvalue weighted by Crippen LogP contribution is -2.41. The smallest absolute Gasteiger partial charge is 0.316 e. The van der Waals surface area contributed by atoms with Gasteiger partial charge in [-0.25, -0.2) is 4.52 Å². The van der Waals surface area contributed by atoms with Gasteiger partial charge in [-0.3, -0.25) is 24.1 Å². The van der Waals surface area contributed by atoms with Crippen molar-refractivity contribution < 1.29 is 40.6 Å². The van der Waals surface area contributed by atoms with Crippen molar-refractivity contribution in [2.24, 2.45) is 5.92 Å². The average molecular weight is 1090 g/mol. The number of nitrogens with zero attached hydrogens (tertiary/aromatic N) is 5. The van der Waals surface area contributed by atoms with Crippen LogP contribution in [0, 0.1) is 26.7 Å². The fourth-order valence-electron chi connectivity index (χ4n) is 9.68. The Morgan fingerprint density at radius 2 is 1.31 bits per heavy atom. The number of benzene rings is 3. The highest BCUT2D eigenvalue weighted by molar-refractivity contribution is 7.82. The van der Waals surface area contributed by atoms with Gasteiger partial charge in [0.1, 0.15) is 10.8 Å². The summed E-state index contributed by atoms with van der Waals surface area (Å²) >= 11 is 2.39. The summed E-state index contributed by atoms with van der Waals surface area (Å²) in [4.78, 5) is 30.8. The number of unbranched alkanes of at least 4 members (excludes halogenated alkanes) is 8. The molecule has 7 rings (SSSR count). The van der Waals surface area contributed by atoms with Gasteiger partial charge < -0.3 is 32.4 Å². The summed E-state index contributed by atoms with van der Waals surface area (Å²) in [7, 11) is 0. The van der Waals surface area contributed by atoms with Crippen LogP contribution in [0.25, 0.3) is 17.0 Å². The van der Waals surface area contributed by atoms with E-state index >= 15 is 0 Å². The Morgan fingerprint density at radius 3 is 1.91 bits per heavy atom. The Bertz CT molecular complexity index is 2740. The third-order valence-electron chi connectivity index (χ3n) is 13.8. The number of carbonyl (C=O) groups is 2. The van der Waals surface area contributed by atoms with Crippen molar-refractivity contribution in [1.29, 1.82) is 0 Å². The SMILES string of the molecule is CCCCCCCCC(CCCCCC)COc1ccc(NS(=O)Oc2cc(C(=O)N3CCOCC3)cc(C(=O)N3CCOCC3)c2)cc1OS(=O)Nc1c(C)cc(C)c(-c2nnc3c(Cl)c(C(C)(C)C)[nH]n23)c1C. The fourth-order valence-corrected chi connectivity index (χ4v) is 11.6. The van der Waals surface area contributed by atoms with E-state index in [0.29, 0.717) is 98.7 Å². The molecule has 17 nitrogen and oxygen atoms in total. The van der Waals surface area contributed by atoms with E-state index in [4.69, 9.17) is 34.2 Å². The highest BCUT2D eigenvalue weighted by atomic mass is 35.5. The first-order chi connectivity index (χ1) is 36.1. The molecule has 2 aliphatic rings. The van der Waals surface area contributed by atoms with Crippen molar-refractivity contribution >= 4 is 63.0 Å². The van der Waals surface area contributed by atoms with E-state index in [1.54, 1.807) is 38.6 Å². The van der Waals surface area contributed by atoms with Crippen LogP contribution < -0.4 is 22.5 Å². The summed E-state index contributed by atoms with van der Waals surface area (Å²) < 4.78 is 65.8. The Labute approximate surface area is 453 Å². The molecule has 5 aromatic rings. The number of aryl methyl sites for hydroxylation is 2. The van der Waals surface area contributed by atoms with E-state index in [9.17, 15) is 18.0 Å². The second-order valence-corrected chi connectivity index (χ2v) is 22.8. The number of hydrogen-bond acceptors (Lipinski definition) is 11.